The summed E-state index contributed by atoms with van der Waals surface area (Å²) < 4.78 is 7.66. The van der Waals surface area contributed by atoms with E-state index in [0.29, 0.717) is 6.42 Å². The van der Waals surface area contributed by atoms with Crippen molar-refractivity contribution >= 4 is 125 Å². The van der Waals surface area contributed by atoms with E-state index in [4.69, 9.17) is 17.9 Å². The molecule has 0 bridgehead atoms. The van der Waals surface area contributed by atoms with Gasteiger partial charge in [0.2, 0.25) is 0 Å². The molecule has 0 N–H and O–H groups in total. The fourth-order valence-electron chi connectivity index (χ4n) is 3.85. The molecule has 0 radical (unpaired) electrons. The third-order valence-corrected chi connectivity index (χ3v) is 15.1. The minimum Gasteiger partial charge on any atom is -0.198 e. The molecule has 0 amide bonds. The van der Waals surface area contributed by atoms with Gasteiger partial charge in [-0.15, -0.1) is 47.9 Å². The molecule has 3 aromatic carbocycles. The third-order valence-electron chi connectivity index (χ3n) is 5.24. The number of hydrogen-bond acceptors (Lipinski definition) is 9. The summed E-state index contributed by atoms with van der Waals surface area (Å²) in [5.74, 6) is 0.798. The van der Waals surface area contributed by atoms with Crippen molar-refractivity contribution in [2.24, 2.45) is 0 Å². The van der Waals surface area contributed by atoms with Crippen molar-refractivity contribution in [3.63, 3.8) is 0 Å². The van der Waals surface area contributed by atoms with Crippen LogP contribution in [-0.4, -0.2) is 18.3 Å². The first-order valence-corrected chi connectivity index (χ1v) is 17.5. The van der Waals surface area contributed by atoms with Crippen molar-refractivity contribution in [1.82, 2.24) is 0 Å². The number of benzene rings is 3. The maximum atomic E-state index is 8.93. The van der Waals surface area contributed by atoms with E-state index in [9.17, 15) is 0 Å². The molecule has 0 unspecified atom stereocenters. The number of nitriles is 1. The highest BCUT2D eigenvalue weighted by molar-refractivity contribution is 8.46. The molecule has 0 spiro atoms. The normalized spacial score (nSPS) is 16.4. The van der Waals surface area contributed by atoms with Crippen LogP contribution in [-0.2, 0) is 0 Å². The number of thiol groups is 1. The van der Waals surface area contributed by atoms with Gasteiger partial charge in [0.05, 0.1) is 31.5 Å². The minimum absolute atomic E-state index is 0.550. The van der Waals surface area contributed by atoms with Crippen molar-refractivity contribution in [3.8, 4) is 6.07 Å². The lowest BCUT2D eigenvalue weighted by molar-refractivity contribution is 1.24. The Labute approximate surface area is 234 Å². The number of rotatable bonds is 5. The second-order valence-corrected chi connectivity index (χ2v) is 16.0. The number of nitrogens with zero attached hydrogens (tertiary/aromatic N) is 1. The molecule has 34 heavy (non-hydrogen) atoms. The van der Waals surface area contributed by atoms with Crippen molar-refractivity contribution in [2.45, 2.75) is 6.42 Å². The number of thioether (sulfide) groups is 7. The zero-order valence-corrected chi connectivity index (χ0v) is 24.9. The molecule has 0 saturated carbocycles. The van der Waals surface area contributed by atoms with Crippen LogP contribution in [0.4, 0.5) is 0 Å². The van der Waals surface area contributed by atoms with Gasteiger partial charge in [-0.2, -0.15) is 5.26 Å². The summed E-state index contributed by atoms with van der Waals surface area (Å²) in [6, 6.07) is 19.9. The van der Waals surface area contributed by atoms with Gasteiger partial charge in [0.1, 0.15) is 0 Å². The van der Waals surface area contributed by atoms with Gasteiger partial charge >= 0.3 is 0 Å². The minimum atomic E-state index is 0.550. The molecule has 0 aromatic heterocycles. The monoisotopic (exact) mass is 589 g/mol. The van der Waals surface area contributed by atoms with E-state index in [1.54, 1.807) is 35.3 Å². The molecule has 5 rings (SSSR count). The van der Waals surface area contributed by atoms with Crippen LogP contribution in [0.2, 0.25) is 0 Å². The van der Waals surface area contributed by atoms with Crippen LogP contribution in [0.3, 0.4) is 0 Å². The van der Waals surface area contributed by atoms with Crippen LogP contribution in [0.1, 0.15) is 6.42 Å². The van der Waals surface area contributed by atoms with Crippen molar-refractivity contribution in [1.29, 1.82) is 5.26 Å². The maximum absolute atomic E-state index is 8.93. The SMILES string of the molecule is CSC1=C(SC)SC(=c2c3ccccc3c(=C3SC(S)=C(SCCC#N)S3)c3ccccc23)S1. The van der Waals surface area contributed by atoms with E-state index in [1.807, 2.05) is 47.0 Å². The largest absolute Gasteiger partial charge is 0.198 e. The van der Waals surface area contributed by atoms with Gasteiger partial charge in [-0.05, 0) is 34.1 Å². The average Bonchev–Trinajstić information content (AvgIpc) is 3.45. The van der Waals surface area contributed by atoms with E-state index in [0.717, 1.165) is 9.99 Å². The van der Waals surface area contributed by atoms with Crippen LogP contribution in [0.15, 0.2) is 65.5 Å². The molecule has 0 aliphatic carbocycles. The van der Waals surface area contributed by atoms with Gasteiger partial charge in [0, 0.05) is 22.6 Å². The molecule has 172 valence electrons. The van der Waals surface area contributed by atoms with Gasteiger partial charge < -0.3 is 0 Å². The quantitative estimate of drug-likeness (QED) is 0.179. The highest BCUT2D eigenvalue weighted by Crippen LogP contribution is 2.57. The lowest BCUT2D eigenvalue weighted by Gasteiger charge is -2.11. The zero-order valence-electron chi connectivity index (χ0n) is 18.3. The maximum Gasteiger partial charge on any atom is 0.0657 e. The predicted molar refractivity (Wildman–Crippen MR) is 171 cm³/mol. The third kappa shape index (κ3) is 4.82. The Morgan fingerprint density at radius 2 is 1.18 bits per heavy atom. The highest BCUT2D eigenvalue weighted by Gasteiger charge is 2.24. The highest BCUT2D eigenvalue weighted by atomic mass is 32.3. The van der Waals surface area contributed by atoms with E-state index in [2.05, 4.69) is 67.1 Å². The van der Waals surface area contributed by atoms with Gasteiger partial charge in [-0.3, -0.25) is 0 Å². The first kappa shape index (κ1) is 25.3. The molecule has 3 aromatic rings. The first-order valence-electron chi connectivity index (χ1n) is 10.3. The van der Waals surface area contributed by atoms with Gasteiger partial charge in [-0.25, -0.2) is 0 Å². The lowest BCUT2D eigenvalue weighted by Crippen LogP contribution is -2.16. The van der Waals surface area contributed by atoms with Gasteiger partial charge in [0.25, 0.3) is 0 Å². The molecule has 2 aliphatic heterocycles. The number of fused-ring (bicyclic) bond motifs is 2. The van der Waals surface area contributed by atoms with Gasteiger partial charge in [-0.1, -0.05) is 95.6 Å². The lowest BCUT2D eigenvalue weighted by atomic mass is 9.99. The van der Waals surface area contributed by atoms with Crippen LogP contribution >= 0.6 is 95.0 Å². The van der Waals surface area contributed by atoms with Crippen molar-refractivity contribution in [2.75, 3.05) is 18.3 Å². The summed E-state index contributed by atoms with van der Waals surface area (Å²) in [6.45, 7) is 0. The molecule has 2 aliphatic rings. The first-order chi connectivity index (χ1) is 16.7. The second kappa shape index (κ2) is 11.4. The number of hydrogen-bond donors (Lipinski definition) is 1. The van der Waals surface area contributed by atoms with Gasteiger partial charge in [0.15, 0.2) is 0 Å². The molecule has 9 heteroatoms. The fraction of sp³-hybridized carbons (Fsp3) is 0.160. The standard InChI is InChI=1S/C25H19NS8/c1-28-24-25(29-2)34-22(33-24)19-16-10-5-3-8-14(16)18(15-9-4-6-11-17(15)19)21-31-20(27)23(32-21)30-13-7-12-26/h3-6,8-11,27H,7,13H2,1-2H3. The molecule has 2 heterocycles. The van der Waals surface area contributed by atoms with E-state index in [-0.39, 0.29) is 0 Å². The van der Waals surface area contributed by atoms with E-state index < -0.39 is 0 Å². The second-order valence-electron chi connectivity index (χ2n) is 7.16. The summed E-state index contributed by atoms with van der Waals surface area (Å²) in [5.41, 5.74) is 0. The summed E-state index contributed by atoms with van der Waals surface area (Å²) >= 11 is 17.6. The summed E-state index contributed by atoms with van der Waals surface area (Å²) in [4.78, 5) is 0. The Morgan fingerprint density at radius 1 is 0.735 bits per heavy atom. The smallest absolute Gasteiger partial charge is 0.0657 e. The van der Waals surface area contributed by atoms with Crippen LogP contribution in [0.5, 0.6) is 0 Å². The van der Waals surface area contributed by atoms with E-state index >= 15 is 0 Å². The van der Waals surface area contributed by atoms with Crippen LogP contribution in [0, 0.1) is 11.3 Å². The Bertz CT molecular complexity index is 1450. The Balaban J connectivity index is 1.79. The Kier molecular flexibility index (Phi) is 8.49. The average molecular weight is 590 g/mol. The Morgan fingerprint density at radius 3 is 1.62 bits per heavy atom. The summed E-state index contributed by atoms with van der Waals surface area (Å²) in [7, 11) is 0. The van der Waals surface area contributed by atoms with Crippen molar-refractivity contribution in [3.05, 3.63) is 75.9 Å². The zero-order chi connectivity index (χ0) is 23.7. The van der Waals surface area contributed by atoms with Crippen molar-refractivity contribution < 1.29 is 0 Å². The summed E-state index contributed by atoms with van der Waals surface area (Å²) in [5, 5.41) is 16.7. The fourth-order valence-corrected chi connectivity index (χ4v) is 13.5. The van der Waals surface area contributed by atoms with Crippen LogP contribution < -0.4 is 10.4 Å². The van der Waals surface area contributed by atoms with E-state index in [1.165, 1.54) is 53.2 Å². The topological polar surface area (TPSA) is 23.8 Å². The predicted octanol–water partition coefficient (Wildman–Crippen LogP) is 8.64. The Hall–Kier alpha value is -0.310. The molecular formula is C25H19NS8. The van der Waals surface area contributed by atoms with Crippen LogP contribution in [0.25, 0.3) is 30.0 Å². The summed E-state index contributed by atoms with van der Waals surface area (Å²) in [6.07, 6.45) is 4.88. The molecule has 0 atom stereocenters. The molecule has 0 saturated heterocycles. The molecular weight excluding hydrogens is 571 g/mol. The molecule has 0 fully saturated rings. The molecule has 1 nitrogen and oxygen atoms in total.